The van der Waals surface area contributed by atoms with Gasteiger partial charge in [-0.3, -0.25) is 0 Å². The summed E-state index contributed by atoms with van der Waals surface area (Å²) in [6, 6.07) is 0.538. The number of likely N-dealkylation sites (N-methyl/N-ethyl adjacent to an activating group) is 1. The molecule has 0 amide bonds. The second kappa shape index (κ2) is 6.46. The van der Waals surface area contributed by atoms with Crippen LogP contribution >= 0.6 is 0 Å². The average molecular weight is 214 g/mol. The van der Waals surface area contributed by atoms with Crippen LogP contribution in [0.15, 0.2) is 0 Å². The van der Waals surface area contributed by atoms with Gasteiger partial charge < -0.3 is 14.9 Å². The Morgan fingerprint density at radius 1 is 1.33 bits per heavy atom. The molecule has 1 aliphatic heterocycles. The van der Waals surface area contributed by atoms with E-state index in [0.717, 1.165) is 18.9 Å². The van der Waals surface area contributed by atoms with E-state index in [0.29, 0.717) is 12.6 Å². The maximum atomic E-state index is 9.05. The minimum Gasteiger partial charge on any atom is -0.396 e. The standard InChI is InChI=1S/C12H26N2O/c1-11(2)9-14-7-4-6-13(3)12(10-14)5-8-15/h11-12,15H,4-10H2,1-3H3. The third-order valence-electron chi connectivity index (χ3n) is 3.16. The van der Waals surface area contributed by atoms with E-state index in [2.05, 4.69) is 30.7 Å². The van der Waals surface area contributed by atoms with Crippen LogP contribution in [0, 0.1) is 5.92 Å². The first kappa shape index (κ1) is 12.9. The van der Waals surface area contributed by atoms with Crippen molar-refractivity contribution in [3.05, 3.63) is 0 Å². The molecule has 0 aromatic rings. The van der Waals surface area contributed by atoms with Crippen molar-refractivity contribution >= 4 is 0 Å². The summed E-state index contributed by atoms with van der Waals surface area (Å²) >= 11 is 0. The fraction of sp³-hybridized carbons (Fsp3) is 1.00. The molecule has 3 heteroatoms. The average Bonchev–Trinajstić information content (AvgIpc) is 2.29. The quantitative estimate of drug-likeness (QED) is 0.757. The predicted molar refractivity (Wildman–Crippen MR) is 64.0 cm³/mol. The van der Waals surface area contributed by atoms with Crippen LogP contribution in [-0.2, 0) is 0 Å². The summed E-state index contributed by atoms with van der Waals surface area (Å²) in [5.74, 6) is 0.739. The molecule has 15 heavy (non-hydrogen) atoms. The highest BCUT2D eigenvalue weighted by atomic mass is 16.3. The largest absolute Gasteiger partial charge is 0.396 e. The summed E-state index contributed by atoms with van der Waals surface area (Å²) in [5.41, 5.74) is 0. The second-order valence-electron chi connectivity index (χ2n) is 5.15. The van der Waals surface area contributed by atoms with Crippen LogP contribution in [-0.4, -0.2) is 60.8 Å². The highest BCUT2D eigenvalue weighted by molar-refractivity contribution is 4.78. The second-order valence-corrected chi connectivity index (χ2v) is 5.15. The first-order chi connectivity index (χ1) is 7.13. The van der Waals surface area contributed by atoms with Crippen molar-refractivity contribution in [3.8, 4) is 0 Å². The van der Waals surface area contributed by atoms with E-state index in [1.54, 1.807) is 0 Å². The van der Waals surface area contributed by atoms with Crippen LogP contribution in [0.5, 0.6) is 0 Å². The fourth-order valence-electron chi connectivity index (χ4n) is 2.40. The van der Waals surface area contributed by atoms with Crippen LogP contribution < -0.4 is 0 Å². The molecular formula is C12H26N2O. The minimum absolute atomic E-state index is 0.310. The Balaban J connectivity index is 2.47. The third kappa shape index (κ3) is 4.49. The van der Waals surface area contributed by atoms with Gasteiger partial charge in [0, 0.05) is 25.7 Å². The lowest BCUT2D eigenvalue weighted by Crippen LogP contribution is -2.40. The van der Waals surface area contributed by atoms with Crippen LogP contribution in [0.25, 0.3) is 0 Å². The molecule has 3 nitrogen and oxygen atoms in total. The molecule has 0 bridgehead atoms. The number of hydrogen-bond acceptors (Lipinski definition) is 3. The summed E-state index contributed by atoms with van der Waals surface area (Å²) in [6.07, 6.45) is 2.16. The molecule has 1 heterocycles. The molecule has 0 spiro atoms. The van der Waals surface area contributed by atoms with E-state index < -0.39 is 0 Å². The number of aliphatic hydroxyl groups is 1. The molecule has 0 aromatic carbocycles. The third-order valence-corrected chi connectivity index (χ3v) is 3.16. The molecule has 90 valence electrons. The monoisotopic (exact) mass is 214 g/mol. The smallest absolute Gasteiger partial charge is 0.0446 e. The first-order valence-corrected chi connectivity index (χ1v) is 6.17. The lowest BCUT2D eigenvalue weighted by Gasteiger charge is -2.29. The van der Waals surface area contributed by atoms with E-state index in [4.69, 9.17) is 5.11 Å². The number of aliphatic hydroxyl groups excluding tert-OH is 1. The van der Waals surface area contributed by atoms with E-state index in [1.807, 2.05) is 0 Å². The predicted octanol–water partition coefficient (Wildman–Crippen LogP) is 1.03. The van der Waals surface area contributed by atoms with Crippen molar-refractivity contribution in [1.82, 2.24) is 9.80 Å². The Morgan fingerprint density at radius 2 is 2.07 bits per heavy atom. The van der Waals surface area contributed by atoms with Crippen molar-refractivity contribution in [2.45, 2.75) is 32.7 Å². The summed E-state index contributed by atoms with van der Waals surface area (Å²) in [6.45, 7) is 9.55. The molecular weight excluding hydrogens is 188 g/mol. The Kier molecular flexibility index (Phi) is 5.58. The molecule has 0 saturated carbocycles. The molecule has 1 saturated heterocycles. The lowest BCUT2D eigenvalue weighted by atomic mass is 10.1. The Hall–Kier alpha value is -0.120. The zero-order chi connectivity index (χ0) is 11.3. The van der Waals surface area contributed by atoms with Gasteiger partial charge >= 0.3 is 0 Å². The Bertz CT molecular complexity index is 173. The molecule has 1 N–H and O–H groups in total. The van der Waals surface area contributed by atoms with Gasteiger partial charge in [0.2, 0.25) is 0 Å². The van der Waals surface area contributed by atoms with Crippen molar-refractivity contribution in [1.29, 1.82) is 0 Å². The van der Waals surface area contributed by atoms with Crippen molar-refractivity contribution in [3.63, 3.8) is 0 Å². The molecule has 1 aliphatic rings. The minimum atomic E-state index is 0.310. The Labute approximate surface area is 94.1 Å². The maximum Gasteiger partial charge on any atom is 0.0446 e. The van der Waals surface area contributed by atoms with Crippen LogP contribution in [0.4, 0.5) is 0 Å². The van der Waals surface area contributed by atoms with Crippen LogP contribution in [0.3, 0.4) is 0 Å². The van der Waals surface area contributed by atoms with E-state index in [9.17, 15) is 0 Å². The zero-order valence-electron chi connectivity index (χ0n) is 10.4. The molecule has 1 fully saturated rings. The highest BCUT2D eigenvalue weighted by Crippen LogP contribution is 2.12. The first-order valence-electron chi connectivity index (χ1n) is 6.17. The van der Waals surface area contributed by atoms with Crippen LogP contribution in [0.2, 0.25) is 0 Å². The Morgan fingerprint density at radius 3 is 2.67 bits per heavy atom. The molecule has 0 aliphatic carbocycles. The van der Waals surface area contributed by atoms with Crippen molar-refractivity contribution in [2.24, 2.45) is 5.92 Å². The van der Waals surface area contributed by atoms with Gasteiger partial charge in [-0.05, 0) is 38.9 Å². The van der Waals surface area contributed by atoms with Gasteiger partial charge in [-0.2, -0.15) is 0 Å². The van der Waals surface area contributed by atoms with Gasteiger partial charge in [0.15, 0.2) is 0 Å². The lowest BCUT2D eigenvalue weighted by molar-refractivity contribution is 0.159. The van der Waals surface area contributed by atoms with E-state index in [1.165, 1.54) is 26.1 Å². The highest BCUT2D eigenvalue weighted by Gasteiger charge is 2.21. The van der Waals surface area contributed by atoms with Gasteiger partial charge in [0.05, 0.1) is 0 Å². The summed E-state index contributed by atoms with van der Waals surface area (Å²) < 4.78 is 0. The SMILES string of the molecule is CC(C)CN1CCCN(C)C(CCO)C1. The number of nitrogens with zero attached hydrogens (tertiary/aromatic N) is 2. The van der Waals surface area contributed by atoms with Gasteiger partial charge in [-0.15, -0.1) is 0 Å². The van der Waals surface area contributed by atoms with E-state index in [-0.39, 0.29) is 0 Å². The number of hydrogen-bond donors (Lipinski definition) is 1. The summed E-state index contributed by atoms with van der Waals surface area (Å²) in [4.78, 5) is 4.95. The molecule has 0 aromatic heterocycles. The van der Waals surface area contributed by atoms with Gasteiger partial charge in [0.25, 0.3) is 0 Å². The molecule has 1 unspecified atom stereocenters. The van der Waals surface area contributed by atoms with Gasteiger partial charge in [-0.25, -0.2) is 0 Å². The van der Waals surface area contributed by atoms with Gasteiger partial charge in [0.1, 0.15) is 0 Å². The maximum absolute atomic E-state index is 9.05. The fourth-order valence-corrected chi connectivity index (χ4v) is 2.40. The van der Waals surface area contributed by atoms with Gasteiger partial charge in [-0.1, -0.05) is 13.8 Å². The summed E-state index contributed by atoms with van der Waals surface area (Å²) in [7, 11) is 2.18. The topological polar surface area (TPSA) is 26.7 Å². The van der Waals surface area contributed by atoms with Crippen molar-refractivity contribution in [2.75, 3.05) is 39.8 Å². The number of rotatable bonds is 4. The zero-order valence-corrected chi connectivity index (χ0v) is 10.4. The summed E-state index contributed by atoms with van der Waals surface area (Å²) in [5, 5.41) is 9.05. The molecule has 1 atom stereocenters. The molecule has 1 rings (SSSR count). The van der Waals surface area contributed by atoms with E-state index >= 15 is 0 Å². The van der Waals surface area contributed by atoms with Crippen LogP contribution in [0.1, 0.15) is 26.7 Å². The van der Waals surface area contributed by atoms with Crippen molar-refractivity contribution < 1.29 is 5.11 Å². The molecule has 0 radical (unpaired) electrons. The normalized spacial score (nSPS) is 25.8.